The van der Waals surface area contributed by atoms with E-state index in [1.54, 1.807) is 0 Å². The van der Waals surface area contributed by atoms with Crippen LogP contribution in [0.5, 0.6) is 0 Å². The van der Waals surface area contributed by atoms with Crippen molar-refractivity contribution in [2.45, 2.75) is 32.8 Å². The summed E-state index contributed by atoms with van der Waals surface area (Å²) in [6.45, 7) is 8.58. The molecule has 1 rings (SSSR count). The Labute approximate surface area is 86.4 Å². The molecule has 0 amide bonds. The van der Waals surface area contributed by atoms with Crippen molar-refractivity contribution in [3.63, 3.8) is 0 Å². The fraction of sp³-hybridized carbons (Fsp3) is 0.385. The lowest BCUT2D eigenvalue weighted by Crippen LogP contribution is -1.92. The second-order valence-corrected chi connectivity index (χ2v) is 3.53. The van der Waals surface area contributed by atoms with Gasteiger partial charge in [0, 0.05) is 0 Å². The zero-order valence-corrected chi connectivity index (χ0v) is 8.99. The van der Waals surface area contributed by atoms with Gasteiger partial charge in [-0.3, -0.25) is 0 Å². The first-order valence-electron chi connectivity index (χ1n) is 5.09. The highest BCUT2D eigenvalue weighted by molar-refractivity contribution is 5.24. The van der Waals surface area contributed by atoms with Gasteiger partial charge < -0.3 is 4.74 Å². The van der Waals surface area contributed by atoms with E-state index in [1.807, 2.05) is 0 Å². The van der Waals surface area contributed by atoms with Crippen LogP contribution in [0, 0.1) is 0 Å². The molecule has 0 N–H and O–H groups in total. The van der Waals surface area contributed by atoms with E-state index < -0.39 is 0 Å². The van der Waals surface area contributed by atoms with Gasteiger partial charge >= 0.3 is 0 Å². The van der Waals surface area contributed by atoms with Gasteiger partial charge in [0.15, 0.2) is 0 Å². The van der Waals surface area contributed by atoms with Crippen molar-refractivity contribution in [1.82, 2.24) is 0 Å². The molecule has 0 spiro atoms. The lowest BCUT2D eigenvalue weighted by molar-refractivity contribution is 0.237. The van der Waals surface area contributed by atoms with E-state index in [4.69, 9.17) is 4.74 Å². The van der Waals surface area contributed by atoms with Crippen LogP contribution in [0.25, 0.3) is 0 Å². The monoisotopic (exact) mass is 190 g/mol. The highest BCUT2D eigenvalue weighted by atomic mass is 16.5. The highest BCUT2D eigenvalue weighted by Gasteiger charge is 2.01. The van der Waals surface area contributed by atoms with E-state index in [9.17, 15) is 0 Å². The molecule has 0 bridgehead atoms. The number of rotatable bonds is 5. The standard InChI is InChI=1S/C13H18O/c1-4-11(3)13-8-6-12(7-9-13)10-14-5-2/h5-9,11H,2,4,10H2,1,3H3. The predicted molar refractivity (Wildman–Crippen MR) is 60.1 cm³/mol. The van der Waals surface area contributed by atoms with Gasteiger partial charge in [-0.2, -0.15) is 0 Å². The van der Waals surface area contributed by atoms with Crippen LogP contribution in [0.2, 0.25) is 0 Å². The zero-order valence-electron chi connectivity index (χ0n) is 8.99. The van der Waals surface area contributed by atoms with E-state index in [2.05, 4.69) is 44.7 Å². The van der Waals surface area contributed by atoms with Crippen LogP contribution >= 0.6 is 0 Å². The van der Waals surface area contributed by atoms with Gasteiger partial charge in [-0.1, -0.05) is 44.7 Å². The molecular weight excluding hydrogens is 172 g/mol. The van der Waals surface area contributed by atoms with E-state index in [0.717, 1.165) is 0 Å². The summed E-state index contributed by atoms with van der Waals surface area (Å²) in [6.07, 6.45) is 2.66. The summed E-state index contributed by atoms with van der Waals surface area (Å²) >= 11 is 0. The molecule has 0 saturated carbocycles. The average Bonchev–Trinajstić information content (AvgIpc) is 2.26. The number of hydrogen-bond acceptors (Lipinski definition) is 1. The SMILES string of the molecule is C=COCc1ccc(C(C)CC)cc1. The minimum absolute atomic E-state index is 0.615. The van der Waals surface area contributed by atoms with Crippen molar-refractivity contribution < 1.29 is 4.74 Å². The third kappa shape index (κ3) is 2.91. The van der Waals surface area contributed by atoms with Crippen molar-refractivity contribution in [2.24, 2.45) is 0 Å². The zero-order chi connectivity index (χ0) is 10.4. The van der Waals surface area contributed by atoms with Crippen LogP contribution in [-0.4, -0.2) is 0 Å². The Morgan fingerprint density at radius 3 is 2.50 bits per heavy atom. The third-order valence-electron chi connectivity index (χ3n) is 2.53. The van der Waals surface area contributed by atoms with E-state index in [0.29, 0.717) is 12.5 Å². The number of benzene rings is 1. The number of ether oxygens (including phenoxy) is 1. The van der Waals surface area contributed by atoms with Gasteiger partial charge in [0.2, 0.25) is 0 Å². The van der Waals surface area contributed by atoms with Crippen LogP contribution < -0.4 is 0 Å². The van der Waals surface area contributed by atoms with E-state index in [1.165, 1.54) is 23.8 Å². The van der Waals surface area contributed by atoms with Gasteiger partial charge in [-0.25, -0.2) is 0 Å². The summed E-state index contributed by atoms with van der Waals surface area (Å²) in [5.74, 6) is 0.643. The molecule has 0 heterocycles. The minimum atomic E-state index is 0.615. The molecule has 1 unspecified atom stereocenters. The Kier molecular flexibility index (Phi) is 4.24. The van der Waals surface area contributed by atoms with Crippen LogP contribution in [0.1, 0.15) is 37.3 Å². The molecule has 0 aliphatic carbocycles. The van der Waals surface area contributed by atoms with Crippen LogP contribution in [0.4, 0.5) is 0 Å². The predicted octanol–water partition coefficient (Wildman–Crippen LogP) is 3.86. The molecule has 1 aromatic carbocycles. The molecular formula is C13H18O. The summed E-state index contributed by atoms with van der Waals surface area (Å²) in [7, 11) is 0. The fourth-order valence-electron chi connectivity index (χ4n) is 1.33. The third-order valence-corrected chi connectivity index (χ3v) is 2.53. The Bertz CT molecular complexity index is 274. The molecule has 0 aliphatic heterocycles. The Morgan fingerprint density at radius 1 is 1.36 bits per heavy atom. The lowest BCUT2D eigenvalue weighted by atomic mass is 9.98. The van der Waals surface area contributed by atoms with E-state index >= 15 is 0 Å². The summed E-state index contributed by atoms with van der Waals surface area (Å²) in [6, 6.07) is 8.59. The smallest absolute Gasteiger partial charge is 0.112 e. The first-order valence-corrected chi connectivity index (χ1v) is 5.09. The molecule has 0 saturated heterocycles. The summed E-state index contributed by atoms with van der Waals surface area (Å²) in [5.41, 5.74) is 2.59. The van der Waals surface area contributed by atoms with Crippen molar-refractivity contribution in [3.8, 4) is 0 Å². The first kappa shape index (κ1) is 10.8. The molecule has 1 aromatic rings. The van der Waals surface area contributed by atoms with Crippen LogP contribution in [-0.2, 0) is 11.3 Å². The van der Waals surface area contributed by atoms with Gasteiger partial charge in [0.05, 0.1) is 6.26 Å². The maximum absolute atomic E-state index is 5.11. The Balaban J connectivity index is 2.63. The molecule has 0 radical (unpaired) electrons. The minimum Gasteiger partial charge on any atom is -0.497 e. The van der Waals surface area contributed by atoms with Crippen LogP contribution in [0.3, 0.4) is 0 Å². The largest absolute Gasteiger partial charge is 0.497 e. The van der Waals surface area contributed by atoms with Gasteiger partial charge in [0.25, 0.3) is 0 Å². The summed E-state index contributed by atoms with van der Waals surface area (Å²) in [4.78, 5) is 0. The Morgan fingerprint density at radius 2 is 2.00 bits per heavy atom. The lowest BCUT2D eigenvalue weighted by Gasteiger charge is -2.09. The maximum Gasteiger partial charge on any atom is 0.112 e. The van der Waals surface area contributed by atoms with Gasteiger partial charge in [-0.05, 0) is 23.5 Å². The normalized spacial score (nSPS) is 12.1. The molecule has 14 heavy (non-hydrogen) atoms. The molecule has 1 heteroatoms. The molecule has 0 fully saturated rings. The molecule has 76 valence electrons. The van der Waals surface area contributed by atoms with Gasteiger partial charge in [0.1, 0.15) is 6.61 Å². The van der Waals surface area contributed by atoms with Crippen LogP contribution in [0.15, 0.2) is 37.1 Å². The second kappa shape index (κ2) is 5.48. The molecule has 1 nitrogen and oxygen atoms in total. The molecule has 0 aliphatic rings. The molecule has 1 atom stereocenters. The fourth-order valence-corrected chi connectivity index (χ4v) is 1.33. The van der Waals surface area contributed by atoms with Gasteiger partial charge in [-0.15, -0.1) is 0 Å². The quantitative estimate of drug-likeness (QED) is 0.641. The highest BCUT2D eigenvalue weighted by Crippen LogP contribution is 2.18. The summed E-state index contributed by atoms with van der Waals surface area (Å²) < 4.78 is 5.11. The Hall–Kier alpha value is -1.24. The van der Waals surface area contributed by atoms with Crippen molar-refractivity contribution in [1.29, 1.82) is 0 Å². The van der Waals surface area contributed by atoms with Crippen molar-refractivity contribution >= 4 is 0 Å². The first-order chi connectivity index (χ1) is 6.77. The maximum atomic E-state index is 5.11. The second-order valence-electron chi connectivity index (χ2n) is 3.53. The summed E-state index contributed by atoms with van der Waals surface area (Å²) in [5, 5.41) is 0. The molecule has 0 aromatic heterocycles. The number of hydrogen-bond donors (Lipinski definition) is 0. The average molecular weight is 190 g/mol. The van der Waals surface area contributed by atoms with E-state index in [-0.39, 0.29) is 0 Å². The van der Waals surface area contributed by atoms with Crippen molar-refractivity contribution in [3.05, 3.63) is 48.2 Å². The van der Waals surface area contributed by atoms with Crippen molar-refractivity contribution in [2.75, 3.05) is 0 Å². The topological polar surface area (TPSA) is 9.23 Å².